The van der Waals surface area contributed by atoms with Gasteiger partial charge in [-0.1, -0.05) is 15.9 Å². The van der Waals surface area contributed by atoms with Crippen molar-refractivity contribution in [3.05, 3.63) is 52.3 Å². The van der Waals surface area contributed by atoms with Gasteiger partial charge in [-0.2, -0.15) is 0 Å². The van der Waals surface area contributed by atoms with E-state index < -0.39 is 5.82 Å². The standard InChI is InChI=1S/C17H16BrFN2O3/c1-21(8-11-2-5-15-16(6-11)24-10-23-15)9-17(22)20-14-4-3-12(18)7-13(14)19/h2-7H,8-10H2,1H3,(H,20,22)/p+1. The molecular formula is C17H17BrFN2O3+. The highest BCUT2D eigenvalue weighted by Crippen LogP contribution is 2.32. The van der Waals surface area contributed by atoms with E-state index in [1.807, 2.05) is 25.2 Å². The summed E-state index contributed by atoms with van der Waals surface area (Å²) in [7, 11) is 1.90. The third-order valence-corrected chi connectivity index (χ3v) is 4.10. The summed E-state index contributed by atoms with van der Waals surface area (Å²) in [5.41, 5.74) is 1.22. The summed E-state index contributed by atoms with van der Waals surface area (Å²) in [5, 5.41) is 2.60. The lowest BCUT2D eigenvalue weighted by Crippen LogP contribution is -3.08. The third kappa shape index (κ3) is 4.04. The molecule has 1 aliphatic rings. The van der Waals surface area contributed by atoms with Crippen LogP contribution in [0.5, 0.6) is 11.5 Å². The second-order valence-electron chi connectivity index (χ2n) is 5.67. The molecule has 2 aromatic carbocycles. The number of carbonyl (C=O) groups is 1. The Kier molecular flexibility index (Phi) is 5.01. The van der Waals surface area contributed by atoms with E-state index in [1.165, 1.54) is 12.1 Å². The van der Waals surface area contributed by atoms with Crippen molar-refractivity contribution in [2.75, 3.05) is 25.7 Å². The molecule has 1 atom stereocenters. The molecule has 0 bridgehead atoms. The Balaban J connectivity index is 1.56. The summed E-state index contributed by atoms with van der Waals surface area (Å²) in [6.07, 6.45) is 0. The quantitative estimate of drug-likeness (QED) is 0.813. The van der Waals surface area contributed by atoms with Gasteiger partial charge in [0.2, 0.25) is 6.79 Å². The van der Waals surface area contributed by atoms with E-state index in [2.05, 4.69) is 21.2 Å². The smallest absolute Gasteiger partial charge is 0.279 e. The normalized spacial score (nSPS) is 13.6. The molecule has 0 saturated carbocycles. The first-order chi connectivity index (χ1) is 11.5. The van der Waals surface area contributed by atoms with Crippen molar-refractivity contribution in [1.82, 2.24) is 0 Å². The first-order valence-electron chi connectivity index (χ1n) is 7.46. The fourth-order valence-corrected chi connectivity index (χ4v) is 2.85. The maximum Gasteiger partial charge on any atom is 0.279 e. The Bertz CT molecular complexity index is 769. The van der Waals surface area contributed by atoms with Crippen LogP contribution in [0.2, 0.25) is 0 Å². The van der Waals surface area contributed by atoms with Crippen LogP contribution in [0.1, 0.15) is 5.56 Å². The molecule has 0 radical (unpaired) electrons. The van der Waals surface area contributed by atoms with Gasteiger partial charge in [0.25, 0.3) is 5.91 Å². The molecule has 1 aliphatic heterocycles. The molecule has 126 valence electrons. The molecule has 3 rings (SSSR count). The second kappa shape index (κ2) is 7.19. The maximum absolute atomic E-state index is 13.7. The predicted molar refractivity (Wildman–Crippen MR) is 90.8 cm³/mol. The minimum absolute atomic E-state index is 0.180. The summed E-state index contributed by atoms with van der Waals surface area (Å²) in [4.78, 5) is 13.1. The first-order valence-corrected chi connectivity index (χ1v) is 8.25. The molecule has 24 heavy (non-hydrogen) atoms. The number of likely N-dealkylation sites (N-methyl/N-ethyl adjacent to an activating group) is 1. The number of hydrogen-bond donors (Lipinski definition) is 2. The topological polar surface area (TPSA) is 52.0 Å². The van der Waals surface area contributed by atoms with Gasteiger partial charge in [-0.25, -0.2) is 4.39 Å². The van der Waals surface area contributed by atoms with E-state index in [0.29, 0.717) is 11.0 Å². The van der Waals surface area contributed by atoms with Crippen molar-refractivity contribution < 1.29 is 23.6 Å². The van der Waals surface area contributed by atoms with Crippen LogP contribution in [0, 0.1) is 5.82 Å². The molecule has 0 aromatic heterocycles. The van der Waals surface area contributed by atoms with Gasteiger partial charge in [-0.3, -0.25) is 4.79 Å². The van der Waals surface area contributed by atoms with Gasteiger partial charge in [0.15, 0.2) is 18.0 Å². The Morgan fingerprint density at radius 2 is 2.04 bits per heavy atom. The number of fused-ring (bicyclic) bond motifs is 1. The lowest BCUT2D eigenvalue weighted by molar-refractivity contribution is -0.885. The second-order valence-corrected chi connectivity index (χ2v) is 6.59. The fraction of sp³-hybridized carbons (Fsp3) is 0.235. The highest BCUT2D eigenvalue weighted by atomic mass is 79.9. The molecule has 7 heteroatoms. The number of halogens is 2. The van der Waals surface area contributed by atoms with Gasteiger partial charge in [0.1, 0.15) is 12.4 Å². The maximum atomic E-state index is 13.7. The van der Waals surface area contributed by atoms with Gasteiger partial charge in [0.05, 0.1) is 12.7 Å². The largest absolute Gasteiger partial charge is 0.454 e. The number of hydrogen-bond acceptors (Lipinski definition) is 3. The number of rotatable bonds is 5. The summed E-state index contributed by atoms with van der Waals surface area (Å²) in [6, 6.07) is 10.3. The van der Waals surface area contributed by atoms with Crippen LogP contribution in [0.15, 0.2) is 40.9 Å². The van der Waals surface area contributed by atoms with Gasteiger partial charge in [0, 0.05) is 10.0 Å². The van der Waals surface area contributed by atoms with Crippen molar-refractivity contribution in [1.29, 1.82) is 0 Å². The van der Waals surface area contributed by atoms with Crippen LogP contribution >= 0.6 is 15.9 Å². The number of ether oxygens (including phenoxy) is 2. The Morgan fingerprint density at radius 1 is 1.25 bits per heavy atom. The van der Waals surface area contributed by atoms with E-state index in [0.717, 1.165) is 22.0 Å². The van der Waals surface area contributed by atoms with Crippen molar-refractivity contribution >= 4 is 27.5 Å². The van der Waals surface area contributed by atoms with Crippen LogP contribution in [0.3, 0.4) is 0 Å². The van der Waals surface area contributed by atoms with Crippen molar-refractivity contribution in [2.24, 2.45) is 0 Å². The zero-order chi connectivity index (χ0) is 17.1. The van der Waals surface area contributed by atoms with Gasteiger partial charge >= 0.3 is 0 Å². The molecule has 1 amide bonds. The van der Waals surface area contributed by atoms with Crippen LogP contribution < -0.4 is 19.7 Å². The molecule has 5 nitrogen and oxygen atoms in total. The molecule has 1 heterocycles. The van der Waals surface area contributed by atoms with Gasteiger partial charge in [-0.15, -0.1) is 0 Å². The number of amides is 1. The molecule has 1 unspecified atom stereocenters. The van der Waals surface area contributed by atoms with E-state index >= 15 is 0 Å². The number of nitrogens with one attached hydrogen (secondary N) is 2. The summed E-state index contributed by atoms with van der Waals surface area (Å²) in [5.74, 6) is 0.752. The molecular weight excluding hydrogens is 379 g/mol. The number of anilines is 1. The van der Waals surface area contributed by atoms with Crippen LogP contribution in [-0.2, 0) is 11.3 Å². The highest BCUT2D eigenvalue weighted by Gasteiger charge is 2.16. The van der Waals surface area contributed by atoms with Crippen LogP contribution in [0.25, 0.3) is 0 Å². The number of quaternary nitrogens is 1. The zero-order valence-corrected chi connectivity index (χ0v) is 14.7. The lowest BCUT2D eigenvalue weighted by Gasteiger charge is -2.14. The van der Waals surface area contributed by atoms with E-state index in [4.69, 9.17) is 9.47 Å². The average molecular weight is 396 g/mol. The molecule has 0 saturated heterocycles. The summed E-state index contributed by atoms with van der Waals surface area (Å²) in [6.45, 7) is 1.11. The first kappa shape index (κ1) is 16.7. The molecule has 0 aliphatic carbocycles. The monoisotopic (exact) mass is 395 g/mol. The minimum atomic E-state index is -0.467. The van der Waals surface area contributed by atoms with E-state index in [1.54, 1.807) is 6.07 Å². The Morgan fingerprint density at radius 3 is 2.83 bits per heavy atom. The lowest BCUT2D eigenvalue weighted by atomic mass is 10.2. The third-order valence-electron chi connectivity index (χ3n) is 3.61. The predicted octanol–water partition coefficient (Wildman–Crippen LogP) is 1.97. The van der Waals surface area contributed by atoms with Crippen LogP contribution in [-0.4, -0.2) is 26.3 Å². The Hall–Kier alpha value is -2.12. The van der Waals surface area contributed by atoms with Crippen molar-refractivity contribution in [3.8, 4) is 11.5 Å². The van der Waals surface area contributed by atoms with Crippen molar-refractivity contribution in [3.63, 3.8) is 0 Å². The fourth-order valence-electron chi connectivity index (χ4n) is 2.52. The van der Waals surface area contributed by atoms with E-state index in [-0.39, 0.29) is 24.9 Å². The average Bonchev–Trinajstić information content (AvgIpc) is 2.97. The number of carbonyl (C=O) groups excluding carboxylic acids is 1. The number of benzene rings is 2. The SMILES string of the molecule is C[NH+](CC(=O)Nc1ccc(Br)cc1F)Cc1ccc2c(c1)OCO2. The molecule has 0 spiro atoms. The molecule has 0 fully saturated rings. The Labute approximate surface area is 147 Å². The highest BCUT2D eigenvalue weighted by molar-refractivity contribution is 9.10. The van der Waals surface area contributed by atoms with Crippen LogP contribution in [0.4, 0.5) is 10.1 Å². The van der Waals surface area contributed by atoms with E-state index in [9.17, 15) is 9.18 Å². The minimum Gasteiger partial charge on any atom is -0.454 e. The van der Waals surface area contributed by atoms with Crippen molar-refractivity contribution in [2.45, 2.75) is 6.54 Å². The molecule has 2 N–H and O–H groups in total. The zero-order valence-electron chi connectivity index (χ0n) is 13.1. The summed E-state index contributed by atoms with van der Waals surface area (Å²) >= 11 is 3.19. The molecule has 2 aromatic rings. The van der Waals surface area contributed by atoms with Gasteiger partial charge in [-0.05, 0) is 36.4 Å². The summed E-state index contributed by atoms with van der Waals surface area (Å²) < 4.78 is 25.0. The van der Waals surface area contributed by atoms with Gasteiger partial charge < -0.3 is 19.7 Å².